The van der Waals surface area contributed by atoms with Gasteiger partial charge in [-0.15, -0.1) is 0 Å². The Bertz CT molecular complexity index is 1030. The molecular weight excluding hydrogens is 410 g/mol. The molecule has 32 heavy (non-hydrogen) atoms. The Balaban J connectivity index is 1.44. The number of benzene rings is 1. The van der Waals surface area contributed by atoms with Crippen LogP contribution in [0, 0.1) is 23.2 Å². The summed E-state index contributed by atoms with van der Waals surface area (Å²) in [4.78, 5) is 29.0. The average Bonchev–Trinajstić information content (AvgIpc) is 3.35. The second-order valence-corrected chi connectivity index (χ2v) is 8.68. The monoisotopic (exact) mass is 439 g/mol. The number of amides is 2. The Labute approximate surface area is 186 Å². The fourth-order valence-corrected chi connectivity index (χ4v) is 4.29. The molecule has 1 aliphatic carbocycles. The lowest BCUT2D eigenvalue weighted by molar-refractivity contribution is -0.123. The number of methoxy groups -OCH3 is 1. The van der Waals surface area contributed by atoms with Crippen molar-refractivity contribution in [1.29, 1.82) is 5.26 Å². The molecule has 9 heteroatoms. The molecule has 2 aromatic rings. The first-order valence-electron chi connectivity index (χ1n) is 11.1. The van der Waals surface area contributed by atoms with E-state index in [1.807, 2.05) is 18.2 Å². The fraction of sp³-hybridized carbons (Fsp3) is 0.522. The van der Waals surface area contributed by atoms with E-state index in [4.69, 9.17) is 4.74 Å². The summed E-state index contributed by atoms with van der Waals surface area (Å²) in [6, 6.07) is 7.88. The predicted molar refractivity (Wildman–Crippen MR) is 118 cm³/mol. The van der Waals surface area contributed by atoms with E-state index in [2.05, 4.69) is 27.0 Å². The Kier molecular flexibility index (Phi) is 6.63. The molecule has 1 aromatic heterocycles. The first kappa shape index (κ1) is 22.1. The molecule has 2 aliphatic rings. The van der Waals surface area contributed by atoms with Gasteiger partial charge < -0.3 is 25.5 Å². The van der Waals surface area contributed by atoms with Crippen LogP contribution in [0.5, 0.6) is 5.75 Å². The molecule has 0 radical (unpaired) electrons. The smallest absolute Gasteiger partial charge is 0.268 e. The second-order valence-electron chi connectivity index (χ2n) is 8.68. The number of hydrogen-bond acceptors (Lipinski definition) is 6. The SMILES string of the molecule is COc1cccc2[nH]c(C(=O)N[C@@H](CC3CC3)C(=O)N[C@H](C#N)C[C@@H]3CCNC3O)cc12. The topological polar surface area (TPSA) is 139 Å². The summed E-state index contributed by atoms with van der Waals surface area (Å²) < 4.78 is 5.35. The van der Waals surface area contributed by atoms with Crippen LogP contribution in [0.25, 0.3) is 10.9 Å². The molecule has 9 nitrogen and oxygen atoms in total. The van der Waals surface area contributed by atoms with Gasteiger partial charge in [0.1, 0.15) is 29.8 Å². The van der Waals surface area contributed by atoms with Gasteiger partial charge in [0, 0.05) is 16.8 Å². The molecule has 170 valence electrons. The van der Waals surface area contributed by atoms with Gasteiger partial charge in [0.05, 0.1) is 13.2 Å². The molecule has 4 rings (SSSR count). The van der Waals surface area contributed by atoms with Gasteiger partial charge in [0.2, 0.25) is 5.91 Å². The van der Waals surface area contributed by atoms with Gasteiger partial charge in [0.25, 0.3) is 5.91 Å². The van der Waals surface area contributed by atoms with Crippen molar-refractivity contribution in [2.24, 2.45) is 11.8 Å². The van der Waals surface area contributed by atoms with Crippen molar-refractivity contribution in [1.82, 2.24) is 20.9 Å². The fourth-order valence-electron chi connectivity index (χ4n) is 4.29. The van der Waals surface area contributed by atoms with Gasteiger partial charge in [-0.25, -0.2) is 0 Å². The summed E-state index contributed by atoms with van der Waals surface area (Å²) in [5, 5.41) is 28.8. The number of fused-ring (bicyclic) bond motifs is 1. The van der Waals surface area contributed by atoms with E-state index in [9.17, 15) is 20.0 Å². The molecule has 0 bridgehead atoms. The number of H-pyrrole nitrogens is 1. The number of nitrogens with zero attached hydrogens (tertiary/aromatic N) is 1. The Morgan fingerprint density at radius 2 is 2.09 bits per heavy atom. The van der Waals surface area contributed by atoms with Crippen LogP contribution < -0.4 is 20.7 Å². The maximum Gasteiger partial charge on any atom is 0.268 e. The molecule has 2 amide bonds. The van der Waals surface area contributed by atoms with E-state index in [0.29, 0.717) is 36.7 Å². The number of nitrogens with one attached hydrogen (secondary N) is 4. The first-order valence-corrected chi connectivity index (χ1v) is 11.1. The van der Waals surface area contributed by atoms with Gasteiger partial charge in [-0.2, -0.15) is 5.26 Å². The lowest BCUT2D eigenvalue weighted by atomic mass is 9.98. The Morgan fingerprint density at radius 3 is 2.75 bits per heavy atom. The quantitative estimate of drug-likeness (QED) is 0.400. The van der Waals surface area contributed by atoms with Crippen LogP contribution in [-0.4, -0.2) is 53.9 Å². The summed E-state index contributed by atoms with van der Waals surface area (Å²) in [6.45, 7) is 0.688. The summed E-state index contributed by atoms with van der Waals surface area (Å²) in [5.41, 5.74) is 1.11. The molecule has 5 N–H and O–H groups in total. The summed E-state index contributed by atoms with van der Waals surface area (Å²) >= 11 is 0. The van der Waals surface area contributed by atoms with Crippen molar-refractivity contribution in [3.05, 3.63) is 30.0 Å². The largest absolute Gasteiger partial charge is 0.496 e. The molecule has 1 unspecified atom stereocenters. The Hall–Kier alpha value is -3.09. The van der Waals surface area contributed by atoms with Gasteiger partial charge in [-0.1, -0.05) is 18.9 Å². The highest BCUT2D eigenvalue weighted by Gasteiger charge is 2.33. The minimum absolute atomic E-state index is 0.0854. The zero-order valence-electron chi connectivity index (χ0n) is 18.1. The van der Waals surface area contributed by atoms with Gasteiger partial charge in [0.15, 0.2) is 0 Å². The third-order valence-electron chi connectivity index (χ3n) is 6.30. The first-order chi connectivity index (χ1) is 15.5. The summed E-state index contributed by atoms with van der Waals surface area (Å²) in [6.07, 6.45) is 3.05. The number of aromatic amines is 1. The zero-order chi connectivity index (χ0) is 22.7. The number of carbonyl (C=O) groups is 2. The Morgan fingerprint density at radius 1 is 1.28 bits per heavy atom. The van der Waals surface area contributed by atoms with Crippen molar-refractivity contribution in [2.45, 2.75) is 50.4 Å². The van der Waals surface area contributed by atoms with Gasteiger partial charge in [-0.05, 0) is 49.9 Å². The standard InChI is InChI=1S/C23H29N5O4/c1-32-20-4-2-3-17-16(20)11-19(27-17)23(31)28-18(9-13-5-6-13)22(30)26-15(12-24)10-14-7-8-25-21(14)29/h2-4,11,13-15,18,21,25,27,29H,5-10H2,1H3,(H,26,30)(H,28,31)/t14-,15-,18-,21?/m0/s1. The van der Waals surface area contributed by atoms with Gasteiger partial charge in [-0.3, -0.25) is 14.9 Å². The molecule has 1 saturated carbocycles. The predicted octanol–water partition coefficient (Wildman–Crippen LogP) is 1.40. The van der Waals surface area contributed by atoms with Crippen molar-refractivity contribution in [2.75, 3.05) is 13.7 Å². The number of aliphatic hydroxyl groups is 1. The normalized spacial score (nSPS) is 22.2. The number of hydrogen-bond donors (Lipinski definition) is 5. The second kappa shape index (κ2) is 9.59. The molecule has 2 heterocycles. The van der Waals surface area contributed by atoms with Crippen molar-refractivity contribution < 1.29 is 19.4 Å². The van der Waals surface area contributed by atoms with E-state index in [0.717, 1.165) is 30.2 Å². The highest BCUT2D eigenvalue weighted by molar-refractivity contribution is 6.01. The molecule has 1 aromatic carbocycles. The number of carbonyl (C=O) groups excluding carboxylic acids is 2. The number of aromatic nitrogens is 1. The lowest BCUT2D eigenvalue weighted by Gasteiger charge is -2.22. The van der Waals surface area contributed by atoms with Crippen LogP contribution >= 0.6 is 0 Å². The third-order valence-corrected chi connectivity index (χ3v) is 6.30. The van der Waals surface area contributed by atoms with Crippen LogP contribution in [-0.2, 0) is 4.79 Å². The maximum absolute atomic E-state index is 13.0. The zero-order valence-corrected chi connectivity index (χ0v) is 18.1. The van der Waals surface area contributed by atoms with E-state index in [1.165, 1.54) is 0 Å². The van der Waals surface area contributed by atoms with Crippen LogP contribution in [0.3, 0.4) is 0 Å². The lowest BCUT2D eigenvalue weighted by Crippen LogP contribution is -2.50. The number of rotatable bonds is 9. The van der Waals surface area contributed by atoms with Crippen LogP contribution in [0.4, 0.5) is 0 Å². The van der Waals surface area contributed by atoms with Crippen molar-refractivity contribution in [3.8, 4) is 11.8 Å². The van der Waals surface area contributed by atoms with Crippen molar-refractivity contribution >= 4 is 22.7 Å². The molecule has 4 atom stereocenters. The molecule has 0 spiro atoms. The summed E-state index contributed by atoms with van der Waals surface area (Å²) in [7, 11) is 1.57. The number of ether oxygens (including phenoxy) is 1. The molecule has 1 saturated heterocycles. The molecule has 2 fully saturated rings. The van der Waals surface area contributed by atoms with E-state index >= 15 is 0 Å². The number of nitriles is 1. The average molecular weight is 440 g/mol. The summed E-state index contributed by atoms with van der Waals surface area (Å²) in [5.74, 6) is 0.220. The van der Waals surface area contributed by atoms with Crippen LogP contribution in [0.1, 0.15) is 42.6 Å². The minimum atomic E-state index is -0.731. The van der Waals surface area contributed by atoms with E-state index < -0.39 is 18.3 Å². The highest BCUT2D eigenvalue weighted by atomic mass is 16.5. The maximum atomic E-state index is 13.0. The van der Waals surface area contributed by atoms with Crippen molar-refractivity contribution in [3.63, 3.8) is 0 Å². The third kappa shape index (κ3) is 5.03. The van der Waals surface area contributed by atoms with E-state index in [-0.39, 0.29) is 17.7 Å². The van der Waals surface area contributed by atoms with E-state index in [1.54, 1.807) is 13.2 Å². The number of aliphatic hydroxyl groups excluding tert-OH is 1. The molecule has 1 aliphatic heterocycles. The molecular formula is C23H29N5O4. The minimum Gasteiger partial charge on any atom is -0.496 e. The van der Waals surface area contributed by atoms with Crippen LogP contribution in [0.15, 0.2) is 24.3 Å². The van der Waals surface area contributed by atoms with Crippen LogP contribution in [0.2, 0.25) is 0 Å². The van der Waals surface area contributed by atoms with Gasteiger partial charge >= 0.3 is 0 Å². The highest BCUT2D eigenvalue weighted by Crippen LogP contribution is 2.34.